The predicted octanol–water partition coefficient (Wildman–Crippen LogP) is 4.10. The molecule has 0 aliphatic heterocycles. The Morgan fingerprint density at radius 2 is 1.48 bits per heavy atom. The van der Waals surface area contributed by atoms with Gasteiger partial charge in [-0.25, -0.2) is 0 Å². The third-order valence-electron chi connectivity index (χ3n) is 3.88. The molecule has 0 unspecified atom stereocenters. The van der Waals surface area contributed by atoms with Crippen LogP contribution in [0, 0.1) is 0 Å². The Bertz CT molecular complexity index is 550. The normalized spacial score (nSPS) is 13.4. The van der Waals surface area contributed by atoms with E-state index < -0.39 is 0 Å². The highest BCUT2D eigenvalue weighted by molar-refractivity contribution is 5.83. The van der Waals surface area contributed by atoms with Gasteiger partial charge in [0, 0.05) is 6.54 Å². The average Bonchev–Trinajstić information content (AvgIpc) is 2.55. The molecule has 0 fully saturated rings. The summed E-state index contributed by atoms with van der Waals surface area (Å²) in [6.07, 6.45) is 0.815. The summed E-state index contributed by atoms with van der Waals surface area (Å²) >= 11 is 0. The van der Waals surface area contributed by atoms with Crippen molar-refractivity contribution in [2.75, 3.05) is 6.54 Å². The van der Waals surface area contributed by atoms with Gasteiger partial charge in [-0.15, -0.1) is 0 Å². The molecule has 110 valence electrons. The fourth-order valence-corrected chi connectivity index (χ4v) is 2.53. The molecule has 21 heavy (non-hydrogen) atoms. The van der Waals surface area contributed by atoms with Gasteiger partial charge in [0.2, 0.25) is 5.91 Å². The fraction of sp³-hybridized carbons (Fsp3) is 0.316. The molecule has 2 aromatic rings. The highest BCUT2D eigenvalue weighted by atomic mass is 16.1. The molecule has 2 heteroatoms. The molecule has 0 bridgehead atoms. The van der Waals surface area contributed by atoms with Crippen molar-refractivity contribution in [2.24, 2.45) is 0 Å². The molecule has 0 aromatic heterocycles. The van der Waals surface area contributed by atoms with E-state index in [9.17, 15) is 4.79 Å². The van der Waals surface area contributed by atoms with Gasteiger partial charge in [0.15, 0.2) is 0 Å². The highest BCUT2D eigenvalue weighted by Crippen LogP contribution is 2.20. The first-order valence-corrected chi connectivity index (χ1v) is 7.60. The lowest BCUT2D eigenvalue weighted by Gasteiger charge is -2.18. The first kappa shape index (κ1) is 15.3. The third-order valence-corrected chi connectivity index (χ3v) is 3.88. The Morgan fingerprint density at radius 3 is 2.00 bits per heavy atom. The molecule has 2 atom stereocenters. The van der Waals surface area contributed by atoms with Gasteiger partial charge >= 0.3 is 0 Å². The van der Waals surface area contributed by atoms with Crippen LogP contribution in [0.3, 0.4) is 0 Å². The Balaban J connectivity index is 1.94. The van der Waals surface area contributed by atoms with Crippen molar-refractivity contribution in [3.05, 3.63) is 71.8 Å². The minimum atomic E-state index is -0.0610. The van der Waals surface area contributed by atoms with Crippen molar-refractivity contribution in [2.45, 2.75) is 32.1 Å². The standard InChI is InChI=1S/C19H23NO/c1-3-18(17-12-8-5-9-13-17)19(21)20-14-15(2)16-10-6-4-7-11-16/h4-13,15,18H,3,14H2,1-2H3,(H,20,21)/t15-,18-/m1/s1. The lowest BCUT2D eigenvalue weighted by atomic mass is 9.95. The molecule has 0 saturated carbocycles. The zero-order chi connectivity index (χ0) is 15.1. The van der Waals surface area contributed by atoms with Crippen molar-refractivity contribution >= 4 is 5.91 Å². The Hall–Kier alpha value is -2.09. The number of nitrogens with one attached hydrogen (secondary N) is 1. The van der Waals surface area contributed by atoms with E-state index >= 15 is 0 Å². The molecule has 0 aliphatic carbocycles. The Morgan fingerprint density at radius 1 is 0.952 bits per heavy atom. The summed E-state index contributed by atoms with van der Waals surface area (Å²) in [6.45, 7) is 4.86. The van der Waals surface area contributed by atoms with Crippen LogP contribution in [0.2, 0.25) is 0 Å². The van der Waals surface area contributed by atoms with Crippen molar-refractivity contribution < 1.29 is 4.79 Å². The van der Waals surface area contributed by atoms with Gasteiger partial charge in [-0.2, -0.15) is 0 Å². The molecule has 2 rings (SSSR count). The van der Waals surface area contributed by atoms with E-state index in [-0.39, 0.29) is 11.8 Å². The third kappa shape index (κ3) is 4.19. The van der Waals surface area contributed by atoms with Gasteiger partial charge in [-0.05, 0) is 23.5 Å². The number of benzene rings is 2. The van der Waals surface area contributed by atoms with E-state index in [2.05, 4.69) is 31.3 Å². The van der Waals surface area contributed by atoms with Crippen molar-refractivity contribution in [1.82, 2.24) is 5.32 Å². The summed E-state index contributed by atoms with van der Waals surface area (Å²) in [5.41, 5.74) is 2.34. The monoisotopic (exact) mass is 281 g/mol. The van der Waals surface area contributed by atoms with Gasteiger partial charge < -0.3 is 5.32 Å². The summed E-state index contributed by atoms with van der Waals surface area (Å²) in [6, 6.07) is 20.3. The van der Waals surface area contributed by atoms with Crippen molar-refractivity contribution in [3.63, 3.8) is 0 Å². The van der Waals surface area contributed by atoms with Crippen LogP contribution in [-0.4, -0.2) is 12.5 Å². The van der Waals surface area contributed by atoms with E-state index in [1.807, 2.05) is 48.5 Å². The van der Waals surface area contributed by atoms with Crippen LogP contribution in [0.1, 0.15) is 43.2 Å². The van der Waals surface area contributed by atoms with E-state index in [0.29, 0.717) is 12.5 Å². The van der Waals surface area contributed by atoms with E-state index in [4.69, 9.17) is 0 Å². The van der Waals surface area contributed by atoms with Crippen LogP contribution in [0.15, 0.2) is 60.7 Å². The fourth-order valence-electron chi connectivity index (χ4n) is 2.53. The number of hydrogen-bond acceptors (Lipinski definition) is 1. The van der Waals surface area contributed by atoms with Gasteiger partial charge in [-0.1, -0.05) is 74.5 Å². The zero-order valence-corrected chi connectivity index (χ0v) is 12.8. The maximum absolute atomic E-state index is 12.4. The second-order valence-corrected chi connectivity index (χ2v) is 5.43. The molecular weight excluding hydrogens is 258 g/mol. The Kier molecular flexibility index (Phi) is 5.56. The van der Waals surface area contributed by atoms with Crippen LogP contribution < -0.4 is 5.32 Å². The molecular formula is C19H23NO. The molecule has 0 aliphatic rings. The number of hydrogen-bond donors (Lipinski definition) is 1. The number of amides is 1. The van der Waals surface area contributed by atoms with E-state index in [0.717, 1.165) is 12.0 Å². The largest absolute Gasteiger partial charge is 0.355 e. The van der Waals surface area contributed by atoms with Gasteiger partial charge in [0.05, 0.1) is 5.92 Å². The number of carbonyl (C=O) groups excluding carboxylic acids is 1. The van der Waals surface area contributed by atoms with Crippen LogP contribution in [0.4, 0.5) is 0 Å². The maximum Gasteiger partial charge on any atom is 0.227 e. The molecule has 0 spiro atoms. The SMILES string of the molecule is CC[C@@H](C(=O)NC[C@@H](C)c1ccccc1)c1ccccc1. The van der Waals surface area contributed by atoms with Gasteiger partial charge in [0.25, 0.3) is 0 Å². The first-order chi connectivity index (χ1) is 10.2. The second kappa shape index (κ2) is 7.63. The molecule has 0 saturated heterocycles. The quantitative estimate of drug-likeness (QED) is 0.848. The first-order valence-electron chi connectivity index (χ1n) is 7.60. The number of carbonyl (C=O) groups is 1. The van der Waals surface area contributed by atoms with Crippen LogP contribution >= 0.6 is 0 Å². The van der Waals surface area contributed by atoms with E-state index in [1.165, 1.54) is 5.56 Å². The lowest BCUT2D eigenvalue weighted by Crippen LogP contribution is -2.32. The van der Waals surface area contributed by atoms with Crippen molar-refractivity contribution in [1.29, 1.82) is 0 Å². The predicted molar refractivity (Wildman–Crippen MR) is 87.3 cm³/mol. The summed E-state index contributed by atoms with van der Waals surface area (Å²) in [5, 5.41) is 3.09. The summed E-state index contributed by atoms with van der Waals surface area (Å²) < 4.78 is 0. The molecule has 0 radical (unpaired) electrons. The Labute approximate surface area is 127 Å². The molecule has 2 aromatic carbocycles. The maximum atomic E-state index is 12.4. The zero-order valence-electron chi connectivity index (χ0n) is 12.8. The van der Waals surface area contributed by atoms with Gasteiger partial charge in [-0.3, -0.25) is 4.79 Å². The lowest BCUT2D eigenvalue weighted by molar-refractivity contribution is -0.122. The molecule has 1 N–H and O–H groups in total. The minimum Gasteiger partial charge on any atom is -0.355 e. The second-order valence-electron chi connectivity index (χ2n) is 5.43. The highest BCUT2D eigenvalue weighted by Gasteiger charge is 2.18. The topological polar surface area (TPSA) is 29.1 Å². The summed E-state index contributed by atoms with van der Waals surface area (Å²) in [4.78, 5) is 12.4. The number of rotatable bonds is 6. The van der Waals surface area contributed by atoms with Crippen LogP contribution in [0.5, 0.6) is 0 Å². The van der Waals surface area contributed by atoms with E-state index in [1.54, 1.807) is 0 Å². The van der Waals surface area contributed by atoms with Crippen molar-refractivity contribution in [3.8, 4) is 0 Å². The van der Waals surface area contributed by atoms with Crippen LogP contribution in [0.25, 0.3) is 0 Å². The molecule has 2 nitrogen and oxygen atoms in total. The van der Waals surface area contributed by atoms with Gasteiger partial charge in [0.1, 0.15) is 0 Å². The van der Waals surface area contributed by atoms with Crippen LogP contribution in [-0.2, 0) is 4.79 Å². The average molecular weight is 281 g/mol. The molecule has 0 heterocycles. The molecule has 1 amide bonds. The minimum absolute atomic E-state index is 0.0610. The summed E-state index contributed by atoms with van der Waals surface area (Å²) in [7, 11) is 0. The smallest absolute Gasteiger partial charge is 0.227 e. The summed E-state index contributed by atoms with van der Waals surface area (Å²) in [5.74, 6) is 0.379.